The molecular formula is C20H35N3O3. The normalized spacial score (nSPS) is 23.2. The van der Waals surface area contributed by atoms with Crippen molar-refractivity contribution < 1.29 is 14.4 Å². The number of amides is 3. The molecule has 0 saturated carbocycles. The Morgan fingerprint density at radius 2 is 1.50 bits per heavy atom. The van der Waals surface area contributed by atoms with Gasteiger partial charge in [0.2, 0.25) is 5.91 Å². The summed E-state index contributed by atoms with van der Waals surface area (Å²) in [7, 11) is 0. The highest BCUT2D eigenvalue weighted by Gasteiger charge is 2.42. The molecule has 0 aromatic rings. The fourth-order valence-corrected chi connectivity index (χ4v) is 3.92. The number of hydrogen-bond acceptors (Lipinski definition) is 3. The Kier molecular flexibility index (Phi) is 7.47. The fourth-order valence-electron chi connectivity index (χ4n) is 3.92. The first kappa shape index (κ1) is 20.7. The number of urea groups is 1. The van der Waals surface area contributed by atoms with Crippen molar-refractivity contribution >= 4 is 17.7 Å². The molecule has 148 valence electrons. The third-order valence-electron chi connectivity index (χ3n) is 5.32. The van der Waals surface area contributed by atoms with Gasteiger partial charge >= 0.3 is 6.03 Å². The summed E-state index contributed by atoms with van der Waals surface area (Å²) < 4.78 is 0. The van der Waals surface area contributed by atoms with Gasteiger partial charge in [-0.3, -0.25) is 9.59 Å². The second-order valence-electron chi connectivity index (χ2n) is 8.51. The lowest BCUT2D eigenvalue weighted by atomic mass is 10.00. The zero-order valence-corrected chi connectivity index (χ0v) is 16.8. The van der Waals surface area contributed by atoms with Crippen molar-refractivity contribution in [2.75, 3.05) is 19.6 Å². The van der Waals surface area contributed by atoms with Gasteiger partial charge in [0.05, 0.1) is 12.1 Å². The van der Waals surface area contributed by atoms with Crippen LogP contribution < -0.4 is 5.32 Å². The molecule has 2 rings (SSSR count). The van der Waals surface area contributed by atoms with Crippen molar-refractivity contribution in [1.82, 2.24) is 15.1 Å². The van der Waals surface area contributed by atoms with Crippen LogP contribution in [-0.4, -0.2) is 59.2 Å². The van der Waals surface area contributed by atoms with E-state index in [4.69, 9.17) is 0 Å². The first-order valence-corrected chi connectivity index (χ1v) is 10.2. The molecule has 0 aliphatic carbocycles. The summed E-state index contributed by atoms with van der Waals surface area (Å²) in [5, 5.41) is 2.95. The van der Waals surface area contributed by atoms with Crippen LogP contribution in [0, 0.1) is 11.8 Å². The SMILES string of the molecule is CC(C)CCNC(=O)N1CCCC1C(=O)[C@@H]1CCCN1C(=O)CC(C)C. The molecule has 26 heavy (non-hydrogen) atoms. The Morgan fingerprint density at radius 1 is 0.923 bits per heavy atom. The van der Waals surface area contributed by atoms with E-state index in [1.165, 1.54) is 0 Å². The predicted octanol–water partition coefficient (Wildman–Crippen LogP) is 2.81. The number of nitrogens with zero attached hydrogens (tertiary/aromatic N) is 2. The average molecular weight is 366 g/mol. The van der Waals surface area contributed by atoms with Crippen molar-refractivity contribution in [3.63, 3.8) is 0 Å². The monoisotopic (exact) mass is 365 g/mol. The maximum atomic E-state index is 13.1. The smallest absolute Gasteiger partial charge is 0.318 e. The fraction of sp³-hybridized carbons (Fsp3) is 0.850. The molecule has 6 nitrogen and oxygen atoms in total. The molecule has 0 bridgehead atoms. The average Bonchev–Trinajstić information content (AvgIpc) is 3.22. The van der Waals surface area contributed by atoms with Crippen molar-refractivity contribution in [2.24, 2.45) is 11.8 Å². The minimum absolute atomic E-state index is 0.0520. The second kappa shape index (κ2) is 9.38. The molecule has 6 heteroatoms. The maximum absolute atomic E-state index is 13.1. The van der Waals surface area contributed by atoms with Crippen LogP contribution in [-0.2, 0) is 9.59 Å². The van der Waals surface area contributed by atoms with Crippen LogP contribution in [0.25, 0.3) is 0 Å². The summed E-state index contributed by atoms with van der Waals surface area (Å²) in [5.74, 6) is 0.941. The molecule has 2 fully saturated rings. The molecule has 3 amide bonds. The molecule has 0 aromatic heterocycles. The topological polar surface area (TPSA) is 69.7 Å². The van der Waals surface area contributed by atoms with Crippen molar-refractivity contribution in [3.05, 3.63) is 0 Å². The van der Waals surface area contributed by atoms with E-state index in [0.717, 1.165) is 25.7 Å². The van der Waals surface area contributed by atoms with E-state index in [0.29, 0.717) is 38.4 Å². The lowest BCUT2D eigenvalue weighted by Gasteiger charge is -2.30. The standard InChI is InChI=1S/C20H35N3O3/c1-14(2)9-10-21-20(26)23-12-6-8-17(23)19(25)16-7-5-11-22(16)18(24)13-15(3)4/h14-17H,5-13H2,1-4H3,(H,21,26)/t16-,17?/m0/s1. The maximum Gasteiger partial charge on any atom is 0.318 e. The molecule has 0 radical (unpaired) electrons. The number of nitrogens with one attached hydrogen (secondary N) is 1. The zero-order chi connectivity index (χ0) is 19.3. The van der Waals surface area contributed by atoms with E-state index < -0.39 is 0 Å². The number of rotatable bonds is 7. The molecule has 2 aliphatic heterocycles. The first-order chi connectivity index (χ1) is 12.3. The first-order valence-electron chi connectivity index (χ1n) is 10.2. The number of hydrogen-bond donors (Lipinski definition) is 1. The highest BCUT2D eigenvalue weighted by atomic mass is 16.2. The van der Waals surface area contributed by atoms with Gasteiger partial charge in [-0.15, -0.1) is 0 Å². The van der Waals surface area contributed by atoms with E-state index in [-0.39, 0.29) is 35.7 Å². The molecule has 1 N–H and O–H groups in total. The summed E-state index contributed by atoms with van der Waals surface area (Å²) in [6.45, 7) is 10.2. The third-order valence-corrected chi connectivity index (χ3v) is 5.32. The second-order valence-corrected chi connectivity index (χ2v) is 8.51. The van der Waals surface area contributed by atoms with Gasteiger partial charge in [0, 0.05) is 26.1 Å². The minimum Gasteiger partial charge on any atom is -0.338 e. The number of carbonyl (C=O) groups excluding carboxylic acids is 3. The van der Waals surface area contributed by atoms with Crippen LogP contribution >= 0.6 is 0 Å². The Morgan fingerprint density at radius 3 is 2.08 bits per heavy atom. The van der Waals surface area contributed by atoms with E-state index >= 15 is 0 Å². The highest BCUT2D eigenvalue weighted by Crippen LogP contribution is 2.27. The Labute approximate surface area is 157 Å². The van der Waals surface area contributed by atoms with Gasteiger partial charge in [0.25, 0.3) is 0 Å². The van der Waals surface area contributed by atoms with Gasteiger partial charge < -0.3 is 15.1 Å². The summed E-state index contributed by atoms with van der Waals surface area (Å²) in [6, 6.07) is -0.874. The largest absolute Gasteiger partial charge is 0.338 e. The molecule has 2 saturated heterocycles. The number of Topliss-reactive ketones (excluding diaryl/α,β-unsaturated/α-hetero) is 1. The van der Waals surface area contributed by atoms with E-state index in [1.54, 1.807) is 9.80 Å². The molecule has 1 unspecified atom stereocenters. The molecule has 2 atom stereocenters. The van der Waals surface area contributed by atoms with Gasteiger partial charge in [0.1, 0.15) is 0 Å². The Balaban J connectivity index is 1.98. The van der Waals surface area contributed by atoms with Crippen molar-refractivity contribution in [1.29, 1.82) is 0 Å². The van der Waals surface area contributed by atoms with Gasteiger partial charge in [-0.25, -0.2) is 4.79 Å². The predicted molar refractivity (Wildman–Crippen MR) is 102 cm³/mol. The molecule has 0 spiro atoms. The van der Waals surface area contributed by atoms with Crippen LogP contribution in [0.4, 0.5) is 4.79 Å². The van der Waals surface area contributed by atoms with Crippen LogP contribution in [0.5, 0.6) is 0 Å². The number of ketones is 1. The van der Waals surface area contributed by atoms with Gasteiger partial charge in [-0.05, 0) is 43.9 Å². The Hall–Kier alpha value is -1.59. The summed E-state index contributed by atoms with van der Waals surface area (Å²) in [6.07, 6.45) is 4.56. The highest BCUT2D eigenvalue weighted by molar-refractivity contribution is 5.95. The van der Waals surface area contributed by atoms with E-state index in [2.05, 4.69) is 19.2 Å². The molecule has 2 aliphatic rings. The van der Waals surface area contributed by atoms with Crippen LogP contribution in [0.15, 0.2) is 0 Å². The van der Waals surface area contributed by atoms with Crippen LogP contribution in [0.1, 0.15) is 66.2 Å². The zero-order valence-electron chi connectivity index (χ0n) is 16.8. The van der Waals surface area contributed by atoms with Crippen molar-refractivity contribution in [3.8, 4) is 0 Å². The van der Waals surface area contributed by atoms with Crippen LogP contribution in [0.3, 0.4) is 0 Å². The summed E-state index contributed by atoms with van der Waals surface area (Å²) >= 11 is 0. The molecular weight excluding hydrogens is 330 g/mol. The molecule has 0 aromatic carbocycles. The lowest BCUT2D eigenvalue weighted by Crippen LogP contribution is -2.52. The quantitative estimate of drug-likeness (QED) is 0.754. The third kappa shape index (κ3) is 5.21. The Bertz CT molecular complexity index is 518. The van der Waals surface area contributed by atoms with Gasteiger partial charge in [0.15, 0.2) is 5.78 Å². The van der Waals surface area contributed by atoms with Crippen LogP contribution in [0.2, 0.25) is 0 Å². The molecule has 2 heterocycles. The van der Waals surface area contributed by atoms with Crippen molar-refractivity contribution in [2.45, 2.75) is 78.3 Å². The van der Waals surface area contributed by atoms with Gasteiger partial charge in [-0.2, -0.15) is 0 Å². The van der Waals surface area contributed by atoms with Gasteiger partial charge in [-0.1, -0.05) is 27.7 Å². The lowest BCUT2D eigenvalue weighted by molar-refractivity contribution is -0.139. The van der Waals surface area contributed by atoms with E-state index in [1.807, 2.05) is 13.8 Å². The summed E-state index contributed by atoms with van der Waals surface area (Å²) in [4.78, 5) is 41.6. The minimum atomic E-state index is -0.383. The number of carbonyl (C=O) groups is 3. The number of likely N-dealkylation sites (tertiary alicyclic amines) is 2. The van der Waals surface area contributed by atoms with E-state index in [9.17, 15) is 14.4 Å². The summed E-state index contributed by atoms with van der Waals surface area (Å²) in [5.41, 5.74) is 0.